The number of carboxylic acids is 1. The molecular formula is C14H22F3N3O5. The molecule has 2 atom stereocenters. The molecule has 5 N–H and O–H groups in total. The van der Waals surface area contributed by atoms with Crippen molar-refractivity contribution >= 4 is 17.8 Å². The number of amides is 1. The zero-order valence-corrected chi connectivity index (χ0v) is 13.5. The Kier molecular flexibility index (Phi) is 8.10. The number of nitrogens with two attached hydrogens (primary N) is 1. The van der Waals surface area contributed by atoms with Gasteiger partial charge in [-0.25, -0.2) is 10.2 Å². The van der Waals surface area contributed by atoms with E-state index in [2.05, 4.69) is 4.74 Å². The fraction of sp³-hybridized carbons (Fsp3) is 0.786. The normalized spacial score (nSPS) is 18.2. The molecule has 0 saturated heterocycles. The number of ether oxygens (including phenoxy) is 1. The van der Waals surface area contributed by atoms with Gasteiger partial charge in [0.2, 0.25) is 0 Å². The summed E-state index contributed by atoms with van der Waals surface area (Å²) >= 11 is 0. The van der Waals surface area contributed by atoms with Crippen LogP contribution in [-0.4, -0.2) is 47.8 Å². The third-order valence-corrected chi connectivity index (χ3v) is 3.89. The molecule has 1 rings (SSSR count). The molecule has 0 heterocycles. The summed E-state index contributed by atoms with van der Waals surface area (Å²) in [5.74, 6) is -4.82. The first-order valence-electron chi connectivity index (χ1n) is 7.89. The minimum Gasteiger partial charge on any atom is -0.480 e. The van der Waals surface area contributed by atoms with Crippen LogP contribution in [0.25, 0.3) is 0 Å². The summed E-state index contributed by atoms with van der Waals surface area (Å²) in [6, 6.07) is -1.14. The first-order valence-corrected chi connectivity index (χ1v) is 7.89. The number of hydrazine groups is 1. The molecule has 8 nitrogen and oxygen atoms in total. The fourth-order valence-corrected chi connectivity index (χ4v) is 2.73. The molecule has 1 aliphatic carbocycles. The third kappa shape index (κ3) is 7.69. The van der Waals surface area contributed by atoms with Crippen molar-refractivity contribution in [1.82, 2.24) is 10.9 Å². The highest BCUT2D eigenvalue weighted by molar-refractivity contribution is 5.85. The van der Waals surface area contributed by atoms with E-state index in [0.29, 0.717) is 0 Å². The van der Waals surface area contributed by atoms with Crippen molar-refractivity contribution in [2.24, 2.45) is 11.7 Å². The number of carboxylic acid groups (broad SMARTS) is 1. The van der Waals surface area contributed by atoms with E-state index in [0.717, 1.165) is 32.1 Å². The maximum absolute atomic E-state index is 12.4. The summed E-state index contributed by atoms with van der Waals surface area (Å²) in [6.07, 6.45) is -2.23. The number of esters is 1. The van der Waals surface area contributed by atoms with Crippen LogP contribution in [0.15, 0.2) is 0 Å². The van der Waals surface area contributed by atoms with E-state index >= 15 is 0 Å². The Labute approximate surface area is 142 Å². The number of aliphatic carboxylic acids is 1. The van der Waals surface area contributed by atoms with Crippen LogP contribution in [0.2, 0.25) is 0 Å². The van der Waals surface area contributed by atoms with Gasteiger partial charge in [0.25, 0.3) is 5.91 Å². The van der Waals surface area contributed by atoms with Crippen LogP contribution in [0, 0.1) is 5.92 Å². The van der Waals surface area contributed by atoms with Gasteiger partial charge in [0.1, 0.15) is 6.54 Å². The molecular weight excluding hydrogens is 347 g/mol. The highest BCUT2D eigenvalue weighted by atomic mass is 19.4. The van der Waals surface area contributed by atoms with Crippen molar-refractivity contribution in [2.45, 2.75) is 56.8 Å². The number of halogens is 3. The Morgan fingerprint density at radius 1 is 1.20 bits per heavy atom. The van der Waals surface area contributed by atoms with Crippen molar-refractivity contribution < 1.29 is 37.4 Å². The van der Waals surface area contributed by atoms with Crippen LogP contribution in [0.3, 0.4) is 0 Å². The first-order chi connectivity index (χ1) is 11.6. The maximum atomic E-state index is 12.4. The topological polar surface area (TPSA) is 131 Å². The fourth-order valence-electron chi connectivity index (χ4n) is 2.73. The van der Waals surface area contributed by atoms with E-state index in [4.69, 9.17) is 10.8 Å². The van der Waals surface area contributed by atoms with Crippen LogP contribution >= 0.6 is 0 Å². The summed E-state index contributed by atoms with van der Waals surface area (Å²) in [4.78, 5) is 33.4. The minimum atomic E-state index is -5.27. The predicted molar refractivity (Wildman–Crippen MR) is 78.9 cm³/mol. The van der Waals surface area contributed by atoms with Crippen molar-refractivity contribution in [1.29, 1.82) is 0 Å². The monoisotopic (exact) mass is 369 g/mol. The smallest absolute Gasteiger partial charge is 0.480 e. The van der Waals surface area contributed by atoms with Crippen molar-refractivity contribution in [2.75, 3.05) is 6.54 Å². The van der Waals surface area contributed by atoms with Crippen LogP contribution in [0.5, 0.6) is 0 Å². The van der Waals surface area contributed by atoms with Gasteiger partial charge in [0.05, 0.1) is 6.04 Å². The Morgan fingerprint density at radius 2 is 1.80 bits per heavy atom. The second-order valence-electron chi connectivity index (χ2n) is 5.96. The number of hydrogen-bond donors (Lipinski definition) is 4. The van der Waals surface area contributed by atoms with Gasteiger partial charge in [-0.3, -0.25) is 15.0 Å². The lowest BCUT2D eigenvalue weighted by atomic mass is 9.84. The van der Waals surface area contributed by atoms with Crippen LogP contribution in [0.1, 0.15) is 38.5 Å². The summed E-state index contributed by atoms with van der Waals surface area (Å²) in [6.45, 7) is -0.663. The average molecular weight is 369 g/mol. The van der Waals surface area contributed by atoms with Crippen molar-refractivity contribution in [3.63, 3.8) is 0 Å². The molecule has 0 aromatic rings. The quantitative estimate of drug-likeness (QED) is 0.361. The van der Waals surface area contributed by atoms with E-state index < -0.39 is 42.7 Å². The van der Waals surface area contributed by atoms with Crippen molar-refractivity contribution in [3.8, 4) is 0 Å². The van der Waals surface area contributed by atoms with Crippen LogP contribution in [0.4, 0.5) is 13.2 Å². The molecule has 1 unspecified atom stereocenters. The van der Waals surface area contributed by atoms with E-state index in [9.17, 15) is 27.6 Å². The zero-order chi connectivity index (χ0) is 19.0. The van der Waals surface area contributed by atoms with E-state index in [-0.39, 0.29) is 12.3 Å². The Bertz CT molecular complexity index is 481. The van der Waals surface area contributed by atoms with E-state index in [1.165, 1.54) is 0 Å². The SMILES string of the molecule is N[C@H](CC1CCCCC1)C(OC(=O)C(F)(F)F)C(=O)NNCC(=O)O. The molecule has 1 aliphatic rings. The lowest BCUT2D eigenvalue weighted by Crippen LogP contribution is -2.54. The molecule has 0 aromatic heterocycles. The second-order valence-corrected chi connectivity index (χ2v) is 5.96. The molecule has 0 bridgehead atoms. The zero-order valence-electron chi connectivity index (χ0n) is 13.5. The molecule has 11 heteroatoms. The molecule has 25 heavy (non-hydrogen) atoms. The Balaban J connectivity index is 2.72. The van der Waals surface area contributed by atoms with Gasteiger partial charge < -0.3 is 15.6 Å². The number of nitrogens with one attached hydrogen (secondary N) is 2. The molecule has 1 saturated carbocycles. The second kappa shape index (κ2) is 9.56. The van der Waals surface area contributed by atoms with Crippen molar-refractivity contribution in [3.05, 3.63) is 0 Å². The lowest BCUT2D eigenvalue weighted by Gasteiger charge is -2.28. The number of rotatable bonds is 8. The lowest BCUT2D eigenvalue weighted by molar-refractivity contribution is -0.206. The average Bonchev–Trinajstić information content (AvgIpc) is 2.51. The molecule has 0 aliphatic heterocycles. The van der Waals surface area contributed by atoms with Crippen LogP contribution < -0.4 is 16.6 Å². The van der Waals surface area contributed by atoms with Gasteiger partial charge in [-0.1, -0.05) is 32.1 Å². The largest absolute Gasteiger partial charge is 0.490 e. The Hall–Kier alpha value is -1.88. The van der Waals surface area contributed by atoms with Gasteiger partial charge in [0.15, 0.2) is 6.10 Å². The number of carbonyl (C=O) groups excluding carboxylic acids is 2. The number of alkyl halides is 3. The van der Waals surface area contributed by atoms with Crippen LogP contribution in [-0.2, 0) is 19.1 Å². The summed E-state index contributed by atoms with van der Waals surface area (Å²) < 4.78 is 41.5. The summed E-state index contributed by atoms with van der Waals surface area (Å²) in [7, 11) is 0. The molecule has 0 radical (unpaired) electrons. The number of hydrogen-bond acceptors (Lipinski definition) is 6. The molecule has 1 fully saturated rings. The minimum absolute atomic E-state index is 0.135. The third-order valence-electron chi connectivity index (χ3n) is 3.89. The summed E-state index contributed by atoms with van der Waals surface area (Å²) in [5, 5.41) is 8.47. The van der Waals surface area contributed by atoms with Gasteiger partial charge in [-0.2, -0.15) is 13.2 Å². The summed E-state index contributed by atoms with van der Waals surface area (Å²) in [5.41, 5.74) is 9.73. The molecule has 0 spiro atoms. The first kappa shape index (κ1) is 21.2. The highest BCUT2D eigenvalue weighted by Crippen LogP contribution is 2.28. The van der Waals surface area contributed by atoms with Gasteiger partial charge in [-0.15, -0.1) is 0 Å². The Morgan fingerprint density at radius 3 is 2.32 bits per heavy atom. The maximum Gasteiger partial charge on any atom is 0.490 e. The highest BCUT2D eigenvalue weighted by Gasteiger charge is 2.44. The molecule has 144 valence electrons. The van der Waals surface area contributed by atoms with Gasteiger partial charge in [0, 0.05) is 0 Å². The predicted octanol–water partition coefficient (Wildman–Crippen LogP) is 0.464. The van der Waals surface area contributed by atoms with E-state index in [1.807, 2.05) is 10.9 Å². The van der Waals surface area contributed by atoms with E-state index in [1.54, 1.807) is 0 Å². The molecule has 1 amide bonds. The standard InChI is InChI=1S/C14H22F3N3O5/c15-14(16,17)13(24)25-11(12(23)20-19-7-10(21)22)9(18)6-8-4-2-1-3-5-8/h8-9,11,19H,1-7,18H2,(H,20,23)(H,21,22)/t9-,11?/m1/s1. The van der Waals surface area contributed by atoms with Gasteiger partial charge in [-0.05, 0) is 12.3 Å². The van der Waals surface area contributed by atoms with Gasteiger partial charge >= 0.3 is 18.1 Å². The number of carbonyl (C=O) groups is 3. The molecule has 0 aromatic carbocycles.